The lowest BCUT2D eigenvalue weighted by Gasteiger charge is -2.29. The van der Waals surface area contributed by atoms with Crippen LogP contribution < -0.4 is 4.90 Å². The lowest BCUT2D eigenvalue weighted by molar-refractivity contribution is -0.122. The Kier molecular flexibility index (Phi) is 6.92. The molecule has 1 aliphatic heterocycles. The second-order valence-electron chi connectivity index (χ2n) is 9.06. The molecule has 0 aromatic heterocycles. The highest BCUT2D eigenvalue weighted by molar-refractivity contribution is 7.89. The van der Waals surface area contributed by atoms with Gasteiger partial charge in [-0.1, -0.05) is 54.6 Å². The van der Waals surface area contributed by atoms with Crippen molar-refractivity contribution in [1.82, 2.24) is 4.31 Å². The number of aryl methyl sites for hydroxylation is 2. The number of carbonyl (C=O) groups is 2. The lowest BCUT2D eigenvalue weighted by Crippen LogP contribution is -2.46. The van der Waals surface area contributed by atoms with Crippen LogP contribution in [0, 0.1) is 27.7 Å². The summed E-state index contributed by atoms with van der Waals surface area (Å²) < 4.78 is 29.7. The van der Waals surface area contributed by atoms with Gasteiger partial charge >= 0.3 is 0 Å². The number of amides is 2. The molecule has 0 spiro atoms. The van der Waals surface area contributed by atoms with E-state index >= 15 is 0 Å². The summed E-state index contributed by atoms with van der Waals surface area (Å²) in [7, 11) is -4.09. The van der Waals surface area contributed by atoms with E-state index in [1.807, 2.05) is 50.2 Å². The highest BCUT2D eigenvalue weighted by Gasteiger charge is 2.47. The van der Waals surface area contributed by atoms with E-state index in [-0.39, 0.29) is 17.9 Å². The average molecular weight is 491 g/mol. The van der Waals surface area contributed by atoms with Crippen LogP contribution in [-0.4, -0.2) is 37.1 Å². The highest BCUT2D eigenvalue weighted by atomic mass is 32.2. The summed E-state index contributed by atoms with van der Waals surface area (Å²) in [6, 6.07) is 19.1. The second kappa shape index (κ2) is 9.76. The summed E-state index contributed by atoms with van der Waals surface area (Å²) in [6.45, 7) is 7.45. The summed E-state index contributed by atoms with van der Waals surface area (Å²) in [5, 5.41) is 0. The first-order valence-corrected chi connectivity index (χ1v) is 13.1. The normalized spacial score (nSPS) is 16.4. The van der Waals surface area contributed by atoms with E-state index in [1.54, 1.807) is 44.2 Å². The second-order valence-corrected chi connectivity index (χ2v) is 10.9. The maximum absolute atomic E-state index is 14.2. The zero-order valence-corrected chi connectivity index (χ0v) is 21.3. The first kappa shape index (κ1) is 24.8. The van der Waals surface area contributed by atoms with Crippen LogP contribution in [0.1, 0.15) is 34.2 Å². The van der Waals surface area contributed by atoms with Gasteiger partial charge in [0, 0.05) is 6.54 Å². The molecule has 1 heterocycles. The average Bonchev–Trinajstić information content (AvgIpc) is 3.12. The summed E-state index contributed by atoms with van der Waals surface area (Å²) in [5.41, 5.74) is 4.47. The molecule has 0 N–H and O–H groups in total. The van der Waals surface area contributed by atoms with Crippen LogP contribution in [0.5, 0.6) is 0 Å². The van der Waals surface area contributed by atoms with Crippen molar-refractivity contribution in [3.8, 4) is 0 Å². The fourth-order valence-electron chi connectivity index (χ4n) is 4.70. The van der Waals surface area contributed by atoms with Gasteiger partial charge in [0.1, 0.15) is 6.04 Å². The summed E-state index contributed by atoms with van der Waals surface area (Å²) >= 11 is 0. The van der Waals surface area contributed by atoms with Crippen LogP contribution in [0.15, 0.2) is 71.6 Å². The zero-order chi connectivity index (χ0) is 25.3. The van der Waals surface area contributed by atoms with E-state index in [0.29, 0.717) is 23.2 Å². The molecule has 0 aliphatic carbocycles. The van der Waals surface area contributed by atoms with E-state index in [1.165, 1.54) is 4.31 Å². The van der Waals surface area contributed by atoms with Crippen LogP contribution in [0.25, 0.3) is 0 Å². The first-order chi connectivity index (χ1) is 16.6. The molecule has 7 heteroatoms. The third kappa shape index (κ3) is 4.66. The van der Waals surface area contributed by atoms with E-state index in [2.05, 4.69) is 0 Å². The smallest absolute Gasteiger partial charge is 0.252 e. The number of nitrogens with zero attached hydrogens (tertiary/aromatic N) is 2. The number of sulfonamides is 1. The van der Waals surface area contributed by atoms with Crippen LogP contribution in [0.2, 0.25) is 0 Å². The number of imide groups is 1. The minimum atomic E-state index is -4.09. The molecule has 1 saturated heterocycles. The van der Waals surface area contributed by atoms with Crippen molar-refractivity contribution >= 4 is 27.5 Å². The maximum Gasteiger partial charge on any atom is 0.252 e. The third-order valence-electron chi connectivity index (χ3n) is 6.81. The standard InChI is InChI=1S/C28H30N2O4S/c1-19-17-20(2)22(4)27(21(19)3)35(33,34)29(16-15-23-11-7-5-8-12-23)25-18-26(31)30(28(25)32)24-13-9-6-10-14-24/h5-14,17,25H,15-16,18H2,1-4H3. The number of benzene rings is 3. The van der Waals surface area contributed by atoms with Gasteiger partial charge < -0.3 is 0 Å². The molecule has 3 aromatic carbocycles. The van der Waals surface area contributed by atoms with Crippen molar-refractivity contribution in [2.45, 2.75) is 51.5 Å². The number of rotatable bonds is 7. The molecule has 1 unspecified atom stereocenters. The van der Waals surface area contributed by atoms with Gasteiger partial charge in [-0.3, -0.25) is 9.59 Å². The van der Waals surface area contributed by atoms with Gasteiger partial charge in [-0.15, -0.1) is 0 Å². The van der Waals surface area contributed by atoms with Gasteiger partial charge in [-0.2, -0.15) is 4.31 Å². The maximum atomic E-state index is 14.2. The van der Waals surface area contributed by atoms with Gasteiger partial charge in [-0.05, 0) is 74.1 Å². The van der Waals surface area contributed by atoms with E-state index in [9.17, 15) is 18.0 Å². The molecule has 0 bridgehead atoms. The minimum Gasteiger partial charge on any atom is -0.274 e. The predicted molar refractivity (Wildman–Crippen MR) is 137 cm³/mol. The lowest BCUT2D eigenvalue weighted by atomic mass is 10.0. The SMILES string of the molecule is Cc1cc(C)c(C)c(S(=O)(=O)N(CCc2ccccc2)C2CC(=O)N(c3ccccc3)C2=O)c1C. The Hall–Kier alpha value is -3.29. The van der Waals surface area contributed by atoms with Gasteiger partial charge in [0.25, 0.3) is 5.91 Å². The number of hydrogen-bond acceptors (Lipinski definition) is 4. The van der Waals surface area contributed by atoms with E-state index in [0.717, 1.165) is 21.6 Å². The molecule has 0 saturated carbocycles. The van der Waals surface area contributed by atoms with Gasteiger partial charge in [0.2, 0.25) is 15.9 Å². The van der Waals surface area contributed by atoms with Crippen LogP contribution in [-0.2, 0) is 26.0 Å². The third-order valence-corrected chi connectivity index (χ3v) is 9.00. The van der Waals surface area contributed by atoms with Crippen molar-refractivity contribution in [2.75, 3.05) is 11.4 Å². The molecule has 3 aromatic rings. The monoisotopic (exact) mass is 490 g/mol. The topological polar surface area (TPSA) is 74.8 Å². The Labute approximate surface area is 207 Å². The molecule has 0 radical (unpaired) electrons. The van der Waals surface area contributed by atoms with E-state index < -0.39 is 27.9 Å². The van der Waals surface area contributed by atoms with Crippen molar-refractivity contribution < 1.29 is 18.0 Å². The Morgan fingerprint density at radius 3 is 1.97 bits per heavy atom. The fraction of sp³-hybridized carbons (Fsp3) is 0.286. The number of anilines is 1. The molecule has 6 nitrogen and oxygen atoms in total. The van der Waals surface area contributed by atoms with Gasteiger partial charge in [-0.25, -0.2) is 13.3 Å². The molecule has 1 fully saturated rings. The Balaban J connectivity index is 1.79. The molecule has 35 heavy (non-hydrogen) atoms. The first-order valence-electron chi connectivity index (χ1n) is 11.7. The van der Waals surface area contributed by atoms with Crippen molar-refractivity contribution in [2.24, 2.45) is 0 Å². The van der Waals surface area contributed by atoms with Crippen molar-refractivity contribution in [1.29, 1.82) is 0 Å². The zero-order valence-electron chi connectivity index (χ0n) is 20.5. The fourth-order valence-corrected chi connectivity index (χ4v) is 6.86. The molecule has 4 rings (SSSR count). The molecule has 182 valence electrons. The summed E-state index contributed by atoms with van der Waals surface area (Å²) in [4.78, 5) is 27.8. The van der Waals surface area contributed by atoms with Gasteiger partial charge in [0.15, 0.2) is 0 Å². The molecular formula is C28H30N2O4S. The Morgan fingerprint density at radius 1 is 0.857 bits per heavy atom. The van der Waals surface area contributed by atoms with Crippen molar-refractivity contribution in [3.63, 3.8) is 0 Å². The van der Waals surface area contributed by atoms with E-state index in [4.69, 9.17) is 0 Å². The van der Waals surface area contributed by atoms with Gasteiger partial charge in [0.05, 0.1) is 17.0 Å². The number of hydrogen-bond donors (Lipinski definition) is 0. The molecule has 1 aliphatic rings. The molecule has 1 atom stereocenters. The molecular weight excluding hydrogens is 460 g/mol. The largest absolute Gasteiger partial charge is 0.274 e. The quantitative estimate of drug-likeness (QED) is 0.458. The highest BCUT2D eigenvalue weighted by Crippen LogP contribution is 2.33. The minimum absolute atomic E-state index is 0.0878. The van der Waals surface area contributed by atoms with Crippen LogP contribution in [0.3, 0.4) is 0 Å². The predicted octanol–water partition coefficient (Wildman–Crippen LogP) is 4.49. The summed E-state index contributed by atoms with van der Waals surface area (Å²) in [6.07, 6.45) is 0.233. The molecule has 2 amide bonds. The van der Waals surface area contributed by atoms with Crippen LogP contribution >= 0.6 is 0 Å². The summed E-state index contributed by atoms with van der Waals surface area (Å²) in [5.74, 6) is -0.919. The number of carbonyl (C=O) groups excluding carboxylic acids is 2. The Morgan fingerprint density at radius 2 is 1.40 bits per heavy atom. The van der Waals surface area contributed by atoms with Crippen molar-refractivity contribution in [3.05, 3.63) is 94.5 Å². The number of para-hydroxylation sites is 1. The Bertz CT molecular complexity index is 1340. The van der Waals surface area contributed by atoms with Crippen LogP contribution in [0.4, 0.5) is 5.69 Å².